The molecule has 76 valence electrons. The van der Waals surface area contributed by atoms with Gasteiger partial charge in [-0.05, 0) is 37.0 Å². The lowest BCUT2D eigenvalue weighted by molar-refractivity contribution is -0.131. The molecular weight excluding hydrogens is 196 g/mol. The molecule has 0 spiro atoms. The van der Waals surface area contributed by atoms with Crippen molar-refractivity contribution in [1.29, 1.82) is 0 Å². The maximum absolute atomic E-state index is 10.9. The molecule has 2 nitrogen and oxygen atoms in total. The normalized spacial score (nSPS) is 44.7. The van der Waals surface area contributed by atoms with Crippen LogP contribution in [0.2, 0.25) is 0 Å². The maximum Gasteiger partial charge on any atom is 0.341 e. The Hall–Kier alpha value is -0.440. The highest BCUT2D eigenvalue weighted by Gasteiger charge is 2.48. The van der Waals surface area contributed by atoms with Crippen molar-refractivity contribution < 1.29 is 9.90 Å². The fourth-order valence-corrected chi connectivity index (χ4v) is 4.91. The standard InChI is InChI=1S/C11H14O2S/c12-11(13)9-5-8-6-2-1-3-7(4-6)10(8)14-9/h5-8,10H,1-4H2,(H,12,13)/t6-,7+,8?,10?/m1/s1. The predicted octanol–water partition coefficient (Wildman–Crippen LogP) is 2.51. The van der Waals surface area contributed by atoms with Gasteiger partial charge in [-0.1, -0.05) is 12.5 Å². The van der Waals surface area contributed by atoms with E-state index in [1.165, 1.54) is 25.7 Å². The molecule has 3 rings (SSSR count). The van der Waals surface area contributed by atoms with Crippen molar-refractivity contribution in [1.82, 2.24) is 0 Å². The summed E-state index contributed by atoms with van der Waals surface area (Å²) in [7, 11) is 0. The number of aliphatic carboxylic acids is 1. The van der Waals surface area contributed by atoms with Crippen molar-refractivity contribution in [3.05, 3.63) is 11.0 Å². The molecular formula is C11H14O2S. The second kappa shape index (κ2) is 3.02. The summed E-state index contributed by atoms with van der Waals surface area (Å²) in [6, 6.07) is 0. The van der Waals surface area contributed by atoms with Gasteiger partial charge in [-0.3, -0.25) is 0 Å². The predicted molar refractivity (Wildman–Crippen MR) is 56.0 cm³/mol. The first kappa shape index (κ1) is 8.84. The molecule has 4 atom stereocenters. The first-order valence-corrected chi connectivity index (χ1v) is 6.25. The van der Waals surface area contributed by atoms with Crippen LogP contribution >= 0.6 is 11.8 Å². The van der Waals surface area contributed by atoms with Gasteiger partial charge in [-0.25, -0.2) is 4.79 Å². The summed E-state index contributed by atoms with van der Waals surface area (Å²) in [5.41, 5.74) is 0. The highest BCUT2D eigenvalue weighted by Crippen LogP contribution is 2.56. The molecule has 0 aromatic rings. The van der Waals surface area contributed by atoms with E-state index in [2.05, 4.69) is 0 Å². The van der Waals surface area contributed by atoms with Crippen LogP contribution in [0.1, 0.15) is 25.7 Å². The molecule has 2 saturated carbocycles. The van der Waals surface area contributed by atoms with E-state index < -0.39 is 5.97 Å². The number of rotatable bonds is 1. The summed E-state index contributed by atoms with van der Waals surface area (Å²) in [4.78, 5) is 11.5. The van der Waals surface area contributed by atoms with E-state index in [1.807, 2.05) is 6.08 Å². The lowest BCUT2D eigenvalue weighted by atomic mass is 9.87. The zero-order chi connectivity index (χ0) is 9.71. The van der Waals surface area contributed by atoms with Crippen molar-refractivity contribution in [3.63, 3.8) is 0 Å². The zero-order valence-corrected chi connectivity index (χ0v) is 8.80. The van der Waals surface area contributed by atoms with E-state index in [-0.39, 0.29) is 0 Å². The third-order valence-electron chi connectivity index (χ3n) is 3.96. The number of thioether (sulfide) groups is 1. The number of carboxylic acid groups (broad SMARTS) is 1. The van der Waals surface area contributed by atoms with Crippen LogP contribution in [-0.2, 0) is 4.79 Å². The molecule has 0 amide bonds. The second-order valence-electron chi connectivity index (χ2n) is 4.68. The Morgan fingerprint density at radius 3 is 3.00 bits per heavy atom. The number of carbonyl (C=O) groups is 1. The zero-order valence-electron chi connectivity index (χ0n) is 7.98. The first-order valence-electron chi connectivity index (χ1n) is 5.37. The Labute approximate surface area is 87.8 Å². The smallest absolute Gasteiger partial charge is 0.341 e. The quantitative estimate of drug-likeness (QED) is 0.722. The van der Waals surface area contributed by atoms with Crippen molar-refractivity contribution in [3.8, 4) is 0 Å². The summed E-state index contributed by atoms with van der Waals surface area (Å²) in [6.45, 7) is 0. The van der Waals surface area contributed by atoms with Gasteiger partial charge in [-0.2, -0.15) is 0 Å². The van der Waals surface area contributed by atoms with Crippen LogP contribution in [0.4, 0.5) is 0 Å². The Morgan fingerprint density at radius 1 is 1.43 bits per heavy atom. The fraction of sp³-hybridized carbons (Fsp3) is 0.727. The highest BCUT2D eigenvalue weighted by atomic mass is 32.2. The van der Waals surface area contributed by atoms with E-state index in [9.17, 15) is 4.79 Å². The van der Waals surface area contributed by atoms with Crippen LogP contribution in [0.3, 0.4) is 0 Å². The van der Waals surface area contributed by atoms with Gasteiger partial charge >= 0.3 is 5.97 Å². The molecule has 1 heterocycles. The molecule has 0 aromatic heterocycles. The third-order valence-corrected chi connectivity index (χ3v) is 5.50. The van der Waals surface area contributed by atoms with Gasteiger partial charge in [0.1, 0.15) is 0 Å². The van der Waals surface area contributed by atoms with Crippen LogP contribution < -0.4 is 0 Å². The SMILES string of the molecule is O=C(O)C1=CC2C(S1)[C@H]1CCC[C@@H]2C1. The van der Waals surface area contributed by atoms with E-state index in [4.69, 9.17) is 5.11 Å². The summed E-state index contributed by atoms with van der Waals surface area (Å²) in [6.07, 6.45) is 7.39. The van der Waals surface area contributed by atoms with E-state index in [0.29, 0.717) is 16.1 Å². The minimum absolute atomic E-state index is 0.582. The number of fused-ring (bicyclic) bond motifs is 5. The molecule has 2 unspecified atom stereocenters. The molecule has 3 heteroatoms. The molecule has 1 N–H and O–H groups in total. The van der Waals surface area contributed by atoms with Gasteiger partial charge in [-0.15, -0.1) is 11.8 Å². The van der Waals surface area contributed by atoms with Gasteiger partial charge in [0.05, 0.1) is 4.91 Å². The number of hydrogen-bond donors (Lipinski definition) is 1. The van der Waals surface area contributed by atoms with Crippen LogP contribution in [0.15, 0.2) is 11.0 Å². The average molecular weight is 210 g/mol. The van der Waals surface area contributed by atoms with Gasteiger partial charge in [0, 0.05) is 5.25 Å². The Kier molecular flexibility index (Phi) is 1.91. The molecule has 3 aliphatic rings. The number of carboxylic acids is 1. The fourth-order valence-electron chi connectivity index (χ4n) is 3.39. The summed E-state index contributed by atoms with van der Waals surface area (Å²) in [5, 5.41) is 9.55. The lowest BCUT2D eigenvalue weighted by Gasteiger charge is -2.20. The summed E-state index contributed by atoms with van der Waals surface area (Å²) in [5.74, 6) is 1.46. The van der Waals surface area contributed by atoms with Crippen LogP contribution in [0.25, 0.3) is 0 Å². The van der Waals surface area contributed by atoms with E-state index >= 15 is 0 Å². The summed E-state index contributed by atoms with van der Waals surface area (Å²) >= 11 is 1.63. The number of hydrogen-bond acceptors (Lipinski definition) is 2. The molecule has 0 aromatic carbocycles. The molecule has 0 saturated heterocycles. The Bertz CT molecular complexity index is 310. The van der Waals surface area contributed by atoms with Crippen molar-refractivity contribution in [2.75, 3.05) is 0 Å². The van der Waals surface area contributed by atoms with Crippen LogP contribution in [-0.4, -0.2) is 16.3 Å². The number of allylic oxidation sites excluding steroid dienone is 1. The monoisotopic (exact) mass is 210 g/mol. The van der Waals surface area contributed by atoms with Crippen molar-refractivity contribution >= 4 is 17.7 Å². The topological polar surface area (TPSA) is 37.3 Å². The van der Waals surface area contributed by atoms with E-state index in [0.717, 1.165) is 11.8 Å². The van der Waals surface area contributed by atoms with Gasteiger partial charge < -0.3 is 5.11 Å². The highest BCUT2D eigenvalue weighted by molar-refractivity contribution is 8.04. The molecule has 2 bridgehead atoms. The van der Waals surface area contributed by atoms with E-state index in [1.54, 1.807) is 11.8 Å². The molecule has 14 heavy (non-hydrogen) atoms. The first-order chi connectivity index (χ1) is 6.75. The van der Waals surface area contributed by atoms with Gasteiger partial charge in [0.25, 0.3) is 0 Å². The van der Waals surface area contributed by atoms with Crippen LogP contribution in [0.5, 0.6) is 0 Å². The largest absolute Gasteiger partial charge is 0.477 e. The van der Waals surface area contributed by atoms with Gasteiger partial charge in [0.15, 0.2) is 0 Å². The minimum Gasteiger partial charge on any atom is -0.477 e. The molecule has 2 fully saturated rings. The molecule has 2 aliphatic carbocycles. The molecule has 1 aliphatic heterocycles. The molecule has 0 radical (unpaired) electrons. The maximum atomic E-state index is 10.9. The Morgan fingerprint density at radius 2 is 2.21 bits per heavy atom. The van der Waals surface area contributed by atoms with Crippen molar-refractivity contribution in [2.45, 2.75) is 30.9 Å². The van der Waals surface area contributed by atoms with Gasteiger partial charge in [0.2, 0.25) is 0 Å². The van der Waals surface area contributed by atoms with Crippen LogP contribution in [0, 0.1) is 17.8 Å². The lowest BCUT2D eigenvalue weighted by Crippen LogP contribution is -2.12. The average Bonchev–Trinajstić information content (AvgIpc) is 2.69. The second-order valence-corrected chi connectivity index (χ2v) is 5.90. The minimum atomic E-state index is -0.720. The Balaban J connectivity index is 1.87. The third kappa shape index (κ3) is 1.14. The summed E-state index contributed by atoms with van der Waals surface area (Å²) < 4.78 is 0. The van der Waals surface area contributed by atoms with Crippen molar-refractivity contribution in [2.24, 2.45) is 17.8 Å².